The molecule has 1 aromatic carbocycles. The summed E-state index contributed by atoms with van der Waals surface area (Å²) < 4.78 is 5.14. The second-order valence-corrected chi connectivity index (χ2v) is 3.33. The van der Waals surface area contributed by atoms with E-state index in [1.165, 1.54) is 6.07 Å². The van der Waals surface area contributed by atoms with Gasteiger partial charge in [0.1, 0.15) is 11.6 Å². The van der Waals surface area contributed by atoms with Crippen LogP contribution in [0.5, 0.6) is 5.75 Å². The first-order valence-electron chi connectivity index (χ1n) is 4.93. The number of nitrogens with one attached hydrogen (secondary N) is 3. The molecule has 0 aliphatic rings. The Morgan fingerprint density at radius 3 is 2.65 bits per heavy atom. The Hall–Kier alpha value is -2.50. The lowest BCUT2D eigenvalue weighted by molar-refractivity contribution is 0.417. The van der Waals surface area contributed by atoms with Crippen LogP contribution in [-0.4, -0.2) is 17.1 Å². The molecule has 0 fully saturated rings. The van der Waals surface area contributed by atoms with E-state index in [1.54, 1.807) is 19.2 Å². The lowest BCUT2D eigenvalue weighted by atomic mass is 10.3. The quantitative estimate of drug-likeness (QED) is 0.732. The summed E-state index contributed by atoms with van der Waals surface area (Å²) in [4.78, 5) is 26.7. The largest absolute Gasteiger partial charge is 0.495 e. The van der Waals surface area contributed by atoms with Crippen LogP contribution in [0, 0.1) is 0 Å². The maximum absolute atomic E-state index is 11.1. The van der Waals surface area contributed by atoms with Gasteiger partial charge in [0.2, 0.25) is 0 Å². The fraction of sp³-hybridized carbons (Fsp3) is 0.0909. The van der Waals surface area contributed by atoms with E-state index in [9.17, 15) is 9.59 Å². The number of ether oxygens (including phenoxy) is 1. The third kappa shape index (κ3) is 2.54. The molecule has 88 valence electrons. The van der Waals surface area contributed by atoms with Crippen molar-refractivity contribution in [3.63, 3.8) is 0 Å². The molecule has 0 saturated carbocycles. The van der Waals surface area contributed by atoms with Gasteiger partial charge in [-0.3, -0.25) is 14.8 Å². The van der Waals surface area contributed by atoms with Gasteiger partial charge in [-0.2, -0.15) is 0 Å². The predicted molar refractivity (Wildman–Crippen MR) is 64.0 cm³/mol. The summed E-state index contributed by atoms with van der Waals surface area (Å²) in [6, 6.07) is 8.44. The van der Waals surface area contributed by atoms with Gasteiger partial charge in [0.15, 0.2) is 0 Å². The predicted octanol–water partition coefficient (Wildman–Crippen LogP) is 0.815. The van der Waals surface area contributed by atoms with E-state index in [0.29, 0.717) is 17.3 Å². The number of H-pyrrole nitrogens is 2. The Kier molecular flexibility index (Phi) is 2.95. The Morgan fingerprint density at radius 1 is 1.18 bits per heavy atom. The monoisotopic (exact) mass is 233 g/mol. The Bertz CT molecular complexity index is 602. The number of hydrogen-bond donors (Lipinski definition) is 3. The smallest absolute Gasteiger partial charge is 0.327 e. The van der Waals surface area contributed by atoms with Crippen LogP contribution in [0.25, 0.3) is 0 Å². The van der Waals surface area contributed by atoms with Crippen molar-refractivity contribution in [1.82, 2.24) is 9.97 Å². The van der Waals surface area contributed by atoms with E-state index in [4.69, 9.17) is 4.74 Å². The lowest BCUT2D eigenvalue weighted by Gasteiger charge is -2.09. The van der Waals surface area contributed by atoms with Gasteiger partial charge in [0, 0.05) is 6.07 Å². The summed E-state index contributed by atoms with van der Waals surface area (Å²) >= 11 is 0. The first-order chi connectivity index (χ1) is 8.19. The van der Waals surface area contributed by atoms with Crippen molar-refractivity contribution in [1.29, 1.82) is 0 Å². The Labute approximate surface area is 96.3 Å². The number of benzene rings is 1. The summed E-state index contributed by atoms with van der Waals surface area (Å²) in [6.07, 6.45) is 0. The van der Waals surface area contributed by atoms with Gasteiger partial charge in [-0.05, 0) is 12.1 Å². The second kappa shape index (κ2) is 4.56. The molecule has 0 atom stereocenters. The number of aromatic amines is 2. The van der Waals surface area contributed by atoms with Crippen LogP contribution in [0.15, 0.2) is 39.9 Å². The molecule has 0 amide bonds. The zero-order chi connectivity index (χ0) is 12.3. The molecule has 0 unspecified atom stereocenters. The van der Waals surface area contributed by atoms with Crippen LogP contribution in [0.2, 0.25) is 0 Å². The number of anilines is 2. The van der Waals surface area contributed by atoms with Gasteiger partial charge in [0.25, 0.3) is 5.56 Å². The van der Waals surface area contributed by atoms with Gasteiger partial charge in [-0.25, -0.2) is 4.79 Å². The average Bonchev–Trinajstić information content (AvgIpc) is 2.28. The second-order valence-electron chi connectivity index (χ2n) is 3.33. The number of hydrogen-bond acceptors (Lipinski definition) is 4. The van der Waals surface area contributed by atoms with Crippen LogP contribution in [0.4, 0.5) is 11.5 Å². The topological polar surface area (TPSA) is 87.0 Å². The zero-order valence-corrected chi connectivity index (χ0v) is 9.11. The third-order valence-electron chi connectivity index (χ3n) is 2.14. The molecule has 0 bridgehead atoms. The SMILES string of the molecule is COc1ccccc1Nc1cc(=O)[nH]c(=O)[nH]1. The summed E-state index contributed by atoms with van der Waals surface area (Å²) in [5, 5.41) is 2.90. The standard InChI is InChI=1S/C11H11N3O3/c1-17-8-5-3-2-4-7(8)12-9-6-10(15)14-11(16)13-9/h2-6H,1H3,(H3,12,13,14,15,16). The molecule has 6 nitrogen and oxygen atoms in total. The first-order valence-corrected chi connectivity index (χ1v) is 4.93. The van der Waals surface area contributed by atoms with Gasteiger partial charge < -0.3 is 10.1 Å². The minimum absolute atomic E-state index is 0.309. The number of para-hydroxylation sites is 2. The van der Waals surface area contributed by atoms with Crippen LogP contribution in [0.1, 0.15) is 0 Å². The van der Waals surface area contributed by atoms with Crippen molar-refractivity contribution in [2.24, 2.45) is 0 Å². The minimum Gasteiger partial charge on any atom is -0.495 e. The normalized spacial score (nSPS) is 9.94. The van der Waals surface area contributed by atoms with E-state index >= 15 is 0 Å². The van der Waals surface area contributed by atoms with Crippen molar-refractivity contribution >= 4 is 11.5 Å². The molecule has 0 radical (unpaired) electrons. The minimum atomic E-state index is -0.560. The molecule has 0 aliphatic carbocycles. The molecule has 17 heavy (non-hydrogen) atoms. The first kappa shape index (κ1) is 11.0. The maximum Gasteiger partial charge on any atom is 0.327 e. The molecule has 0 aliphatic heterocycles. The molecular weight excluding hydrogens is 222 g/mol. The van der Waals surface area contributed by atoms with Gasteiger partial charge in [-0.15, -0.1) is 0 Å². The van der Waals surface area contributed by atoms with Crippen molar-refractivity contribution in [2.45, 2.75) is 0 Å². The summed E-state index contributed by atoms with van der Waals surface area (Å²) in [6.45, 7) is 0. The number of aromatic nitrogens is 2. The Balaban J connectivity index is 2.37. The third-order valence-corrected chi connectivity index (χ3v) is 2.14. The zero-order valence-electron chi connectivity index (χ0n) is 9.11. The van der Waals surface area contributed by atoms with Crippen LogP contribution in [0.3, 0.4) is 0 Å². The van der Waals surface area contributed by atoms with E-state index < -0.39 is 11.2 Å². The highest BCUT2D eigenvalue weighted by atomic mass is 16.5. The average molecular weight is 233 g/mol. The van der Waals surface area contributed by atoms with Crippen LogP contribution < -0.4 is 21.3 Å². The van der Waals surface area contributed by atoms with Crippen molar-refractivity contribution in [3.8, 4) is 5.75 Å². The van der Waals surface area contributed by atoms with Gasteiger partial charge in [-0.1, -0.05) is 12.1 Å². The highest BCUT2D eigenvalue weighted by Gasteiger charge is 2.02. The molecule has 0 spiro atoms. The van der Waals surface area contributed by atoms with Crippen molar-refractivity contribution in [2.75, 3.05) is 12.4 Å². The molecule has 0 saturated heterocycles. The highest BCUT2D eigenvalue weighted by Crippen LogP contribution is 2.25. The van der Waals surface area contributed by atoms with Crippen molar-refractivity contribution in [3.05, 3.63) is 51.2 Å². The number of rotatable bonds is 3. The number of methoxy groups -OCH3 is 1. The van der Waals surface area contributed by atoms with E-state index in [1.807, 2.05) is 12.1 Å². The van der Waals surface area contributed by atoms with Crippen molar-refractivity contribution < 1.29 is 4.74 Å². The molecule has 1 aromatic heterocycles. The molecule has 2 aromatic rings. The molecule has 3 N–H and O–H groups in total. The molecular formula is C11H11N3O3. The summed E-state index contributed by atoms with van der Waals surface area (Å²) in [7, 11) is 1.54. The van der Waals surface area contributed by atoms with E-state index in [0.717, 1.165) is 0 Å². The van der Waals surface area contributed by atoms with Gasteiger partial charge in [0.05, 0.1) is 12.8 Å². The lowest BCUT2D eigenvalue weighted by Crippen LogP contribution is -2.22. The van der Waals surface area contributed by atoms with Crippen LogP contribution in [-0.2, 0) is 0 Å². The fourth-order valence-corrected chi connectivity index (χ4v) is 1.43. The van der Waals surface area contributed by atoms with E-state index in [-0.39, 0.29) is 0 Å². The van der Waals surface area contributed by atoms with Gasteiger partial charge >= 0.3 is 5.69 Å². The van der Waals surface area contributed by atoms with Crippen LogP contribution >= 0.6 is 0 Å². The fourth-order valence-electron chi connectivity index (χ4n) is 1.43. The maximum atomic E-state index is 11.1. The highest BCUT2D eigenvalue weighted by molar-refractivity contribution is 5.63. The summed E-state index contributed by atoms with van der Waals surface area (Å²) in [5.41, 5.74) is -0.364. The molecule has 6 heteroatoms. The van der Waals surface area contributed by atoms with E-state index in [2.05, 4.69) is 15.3 Å². The molecule has 2 rings (SSSR count). The molecule has 1 heterocycles. The summed E-state index contributed by atoms with van der Waals surface area (Å²) in [5.74, 6) is 0.928. The Morgan fingerprint density at radius 2 is 1.94 bits per heavy atom.